The number of hydrogen-bond acceptors (Lipinski definition) is 3. The number of hydrogen-bond donors (Lipinski definition) is 1. The zero-order chi connectivity index (χ0) is 10.6. The van der Waals surface area contributed by atoms with E-state index < -0.39 is 6.43 Å². The molecule has 0 spiro atoms. The standard InChI is InChI=1S/C9H13F2N3/c1-14(6-9(10)11)8-3-2-4-13-7(8)5-12/h2-4,9H,5-6,12H2,1H3. The van der Waals surface area contributed by atoms with Crippen molar-refractivity contribution in [2.24, 2.45) is 5.73 Å². The van der Waals surface area contributed by atoms with Crippen LogP contribution in [0.2, 0.25) is 0 Å². The van der Waals surface area contributed by atoms with Gasteiger partial charge in [0.15, 0.2) is 0 Å². The van der Waals surface area contributed by atoms with Gasteiger partial charge >= 0.3 is 0 Å². The minimum atomic E-state index is -2.36. The summed E-state index contributed by atoms with van der Waals surface area (Å²) in [5.74, 6) is 0. The Kier molecular flexibility index (Phi) is 3.76. The Balaban J connectivity index is 2.82. The zero-order valence-corrected chi connectivity index (χ0v) is 7.95. The SMILES string of the molecule is CN(CC(F)F)c1cccnc1CN. The highest BCUT2D eigenvalue weighted by atomic mass is 19.3. The van der Waals surface area contributed by atoms with E-state index in [0.29, 0.717) is 11.4 Å². The predicted molar refractivity (Wildman–Crippen MR) is 51.4 cm³/mol. The van der Waals surface area contributed by atoms with Crippen molar-refractivity contribution in [2.75, 3.05) is 18.5 Å². The minimum absolute atomic E-state index is 0.254. The summed E-state index contributed by atoms with van der Waals surface area (Å²) in [4.78, 5) is 5.47. The van der Waals surface area contributed by atoms with Gasteiger partial charge in [0, 0.05) is 19.8 Å². The van der Waals surface area contributed by atoms with Gasteiger partial charge in [0.05, 0.1) is 17.9 Å². The molecule has 1 heterocycles. The van der Waals surface area contributed by atoms with E-state index in [-0.39, 0.29) is 13.1 Å². The Bertz CT molecular complexity index is 291. The molecule has 1 rings (SSSR count). The van der Waals surface area contributed by atoms with Crippen LogP contribution >= 0.6 is 0 Å². The van der Waals surface area contributed by atoms with Crippen molar-refractivity contribution in [3.63, 3.8) is 0 Å². The third kappa shape index (κ3) is 2.63. The van der Waals surface area contributed by atoms with Crippen LogP contribution in [0.4, 0.5) is 14.5 Å². The number of halogens is 2. The van der Waals surface area contributed by atoms with E-state index in [2.05, 4.69) is 4.98 Å². The second-order valence-electron chi connectivity index (χ2n) is 2.94. The van der Waals surface area contributed by atoms with E-state index in [0.717, 1.165) is 0 Å². The maximum absolute atomic E-state index is 12.1. The molecular weight excluding hydrogens is 188 g/mol. The third-order valence-corrected chi connectivity index (χ3v) is 1.88. The summed E-state index contributed by atoms with van der Waals surface area (Å²) < 4.78 is 24.2. The largest absolute Gasteiger partial charge is 0.367 e. The number of alkyl halides is 2. The molecule has 3 nitrogen and oxygen atoms in total. The summed E-state index contributed by atoms with van der Waals surface area (Å²) in [5, 5.41) is 0. The lowest BCUT2D eigenvalue weighted by molar-refractivity contribution is 0.156. The van der Waals surface area contributed by atoms with Gasteiger partial charge in [-0.15, -0.1) is 0 Å². The molecule has 5 heteroatoms. The van der Waals surface area contributed by atoms with Gasteiger partial charge in [-0.05, 0) is 12.1 Å². The van der Waals surface area contributed by atoms with Crippen LogP contribution in [0.3, 0.4) is 0 Å². The normalized spacial score (nSPS) is 10.6. The van der Waals surface area contributed by atoms with E-state index in [4.69, 9.17) is 5.73 Å². The summed E-state index contributed by atoms with van der Waals surface area (Å²) >= 11 is 0. The van der Waals surface area contributed by atoms with E-state index in [1.165, 1.54) is 4.90 Å². The molecule has 0 fully saturated rings. The summed E-state index contributed by atoms with van der Waals surface area (Å²) in [7, 11) is 1.60. The van der Waals surface area contributed by atoms with Crippen molar-refractivity contribution in [2.45, 2.75) is 13.0 Å². The molecule has 1 aromatic heterocycles. The molecule has 2 N–H and O–H groups in total. The van der Waals surface area contributed by atoms with Crippen LogP contribution in [0.15, 0.2) is 18.3 Å². The molecule has 0 amide bonds. The molecule has 1 aromatic rings. The Morgan fingerprint density at radius 1 is 1.57 bits per heavy atom. The summed E-state index contributed by atoms with van der Waals surface area (Å²) in [5.41, 5.74) is 6.74. The number of pyridine rings is 1. The summed E-state index contributed by atoms with van der Waals surface area (Å²) in [6, 6.07) is 3.44. The van der Waals surface area contributed by atoms with Crippen LogP contribution in [-0.4, -0.2) is 25.0 Å². The first kappa shape index (κ1) is 10.8. The predicted octanol–water partition coefficient (Wildman–Crippen LogP) is 1.24. The second kappa shape index (κ2) is 4.85. The average molecular weight is 201 g/mol. The zero-order valence-electron chi connectivity index (χ0n) is 7.95. The fourth-order valence-electron chi connectivity index (χ4n) is 1.24. The maximum Gasteiger partial charge on any atom is 0.255 e. The Morgan fingerprint density at radius 2 is 2.29 bits per heavy atom. The highest BCUT2D eigenvalue weighted by molar-refractivity contribution is 5.49. The van der Waals surface area contributed by atoms with Gasteiger partial charge < -0.3 is 10.6 Å². The van der Waals surface area contributed by atoms with Gasteiger partial charge in [-0.25, -0.2) is 8.78 Å². The molecule has 0 aliphatic heterocycles. The summed E-state index contributed by atoms with van der Waals surface area (Å²) in [6.45, 7) is -0.0531. The lowest BCUT2D eigenvalue weighted by atomic mass is 10.2. The number of rotatable bonds is 4. The Labute approximate surface area is 81.5 Å². The smallest absolute Gasteiger partial charge is 0.255 e. The lowest BCUT2D eigenvalue weighted by Crippen LogP contribution is -2.25. The van der Waals surface area contributed by atoms with Crippen molar-refractivity contribution >= 4 is 5.69 Å². The molecule has 0 atom stereocenters. The molecule has 78 valence electrons. The summed E-state index contributed by atoms with van der Waals surface area (Å²) in [6.07, 6.45) is -0.757. The maximum atomic E-state index is 12.1. The van der Waals surface area contributed by atoms with E-state index in [1.807, 2.05) is 0 Å². The van der Waals surface area contributed by atoms with Crippen molar-refractivity contribution in [1.29, 1.82) is 0 Å². The molecular formula is C9H13F2N3. The van der Waals surface area contributed by atoms with E-state index >= 15 is 0 Å². The molecule has 0 bridgehead atoms. The number of anilines is 1. The van der Waals surface area contributed by atoms with Crippen LogP contribution in [0, 0.1) is 0 Å². The minimum Gasteiger partial charge on any atom is -0.367 e. The first-order valence-electron chi connectivity index (χ1n) is 4.28. The topological polar surface area (TPSA) is 42.2 Å². The van der Waals surface area contributed by atoms with E-state index in [1.54, 1.807) is 25.4 Å². The average Bonchev–Trinajstić information content (AvgIpc) is 2.16. The molecule has 14 heavy (non-hydrogen) atoms. The van der Waals surface area contributed by atoms with Gasteiger partial charge in [0.25, 0.3) is 6.43 Å². The molecule has 0 aliphatic carbocycles. The number of nitrogens with two attached hydrogens (primary N) is 1. The Hall–Kier alpha value is -1.23. The van der Waals surface area contributed by atoms with Gasteiger partial charge in [0.1, 0.15) is 0 Å². The number of aromatic nitrogens is 1. The van der Waals surface area contributed by atoms with Gasteiger partial charge in [-0.1, -0.05) is 0 Å². The molecule has 0 saturated carbocycles. The fourth-order valence-corrected chi connectivity index (χ4v) is 1.24. The lowest BCUT2D eigenvalue weighted by Gasteiger charge is -2.20. The molecule has 0 aliphatic rings. The first-order chi connectivity index (χ1) is 6.65. The van der Waals surface area contributed by atoms with Gasteiger partial charge in [-0.2, -0.15) is 0 Å². The van der Waals surface area contributed by atoms with Crippen molar-refractivity contribution in [1.82, 2.24) is 4.98 Å². The molecule has 0 unspecified atom stereocenters. The monoisotopic (exact) mass is 201 g/mol. The molecule has 0 aromatic carbocycles. The first-order valence-corrected chi connectivity index (χ1v) is 4.28. The molecule has 0 saturated heterocycles. The van der Waals surface area contributed by atoms with Crippen LogP contribution in [0.25, 0.3) is 0 Å². The highest BCUT2D eigenvalue weighted by Crippen LogP contribution is 2.16. The second-order valence-corrected chi connectivity index (χ2v) is 2.94. The van der Waals surface area contributed by atoms with Crippen molar-refractivity contribution < 1.29 is 8.78 Å². The fraction of sp³-hybridized carbons (Fsp3) is 0.444. The van der Waals surface area contributed by atoms with Crippen molar-refractivity contribution in [3.05, 3.63) is 24.0 Å². The van der Waals surface area contributed by atoms with Gasteiger partial charge in [-0.3, -0.25) is 4.98 Å². The van der Waals surface area contributed by atoms with Crippen LogP contribution in [0.1, 0.15) is 5.69 Å². The van der Waals surface area contributed by atoms with Gasteiger partial charge in [0.2, 0.25) is 0 Å². The third-order valence-electron chi connectivity index (χ3n) is 1.88. The number of nitrogens with zero attached hydrogens (tertiary/aromatic N) is 2. The molecule has 0 radical (unpaired) electrons. The quantitative estimate of drug-likeness (QED) is 0.797. The Morgan fingerprint density at radius 3 is 2.86 bits per heavy atom. The van der Waals surface area contributed by atoms with E-state index in [9.17, 15) is 8.78 Å². The van der Waals surface area contributed by atoms with Crippen LogP contribution in [-0.2, 0) is 6.54 Å². The highest BCUT2D eigenvalue weighted by Gasteiger charge is 2.11. The van der Waals surface area contributed by atoms with Crippen molar-refractivity contribution in [3.8, 4) is 0 Å². The van der Waals surface area contributed by atoms with Crippen LogP contribution in [0.5, 0.6) is 0 Å². The van der Waals surface area contributed by atoms with Crippen LogP contribution < -0.4 is 10.6 Å².